The zero-order valence-electron chi connectivity index (χ0n) is 14.2. The van der Waals surface area contributed by atoms with Crippen LogP contribution in [0.3, 0.4) is 0 Å². The number of ether oxygens (including phenoxy) is 3. The minimum atomic E-state index is -0.579. The van der Waals surface area contributed by atoms with Gasteiger partial charge in [0.15, 0.2) is 18.1 Å². The van der Waals surface area contributed by atoms with Gasteiger partial charge in [-0.15, -0.1) is 0 Å². The van der Waals surface area contributed by atoms with Crippen LogP contribution in [0.5, 0.6) is 11.5 Å². The molecule has 1 saturated heterocycles. The summed E-state index contributed by atoms with van der Waals surface area (Å²) in [7, 11) is 0. The van der Waals surface area contributed by atoms with Gasteiger partial charge in [0.05, 0.1) is 5.92 Å². The Hall–Kier alpha value is -2.77. The van der Waals surface area contributed by atoms with Crippen LogP contribution in [0, 0.1) is 5.92 Å². The molecule has 0 spiro atoms. The van der Waals surface area contributed by atoms with Crippen LogP contribution in [0.4, 0.5) is 5.69 Å². The summed E-state index contributed by atoms with van der Waals surface area (Å²) >= 11 is 0. The Morgan fingerprint density at radius 2 is 1.96 bits per heavy atom. The van der Waals surface area contributed by atoms with Crippen molar-refractivity contribution in [3.8, 4) is 11.5 Å². The summed E-state index contributed by atoms with van der Waals surface area (Å²) in [6.45, 7) is 0.880. The number of esters is 1. The minimum absolute atomic E-state index is 0.0670. The number of nitrogens with zero attached hydrogens (tertiary/aromatic N) is 1. The van der Waals surface area contributed by atoms with Gasteiger partial charge in [-0.25, -0.2) is 0 Å². The zero-order valence-corrected chi connectivity index (χ0v) is 14.2. The van der Waals surface area contributed by atoms with Crippen LogP contribution in [0.25, 0.3) is 0 Å². The van der Waals surface area contributed by atoms with Crippen LogP contribution in [-0.4, -0.2) is 50.2 Å². The lowest BCUT2D eigenvalue weighted by Gasteiger charge is -2.22. The van der Waals surface area contributed by atoms with Gasteiger partial charge in [-0.2, -0.15) is 0 Å². The molecule has 2 heterocycles. The fourth-order valence-electron chi connectivity index (χ4n) is 3.07. The molecule has 0 aromatic heterocycles. The number of nitrogens with one attached hydrogen (secondary N) is 1. The SMILES string of the molecule is O=C(COC(=O)[C@H]1CC(=O)N(c2ccc3c(c2)OCCO3)C1)NC1CC1. The number of benzene rings is 1. The summed E-state index contributed by atoms with van der Waals surface area (Å²) in [5, 5.41) is 2.75. The molecule has 138 valence electrons. The summed E-state index contributed by atoms with van der Waals surface area (Å²) in [4.78, 5) is 37.6. The highest BCUT2D eigenvalue weighted by molar-refractivity contribution is 5.99. The molecule has 1 aromatic carbocycles. The predicted molar refractivity (Wildman–Crippen MR) is 90.0 cm³/mol. The van der Waals surface area contributed by atoms with E-state index >= 15 is 0 Å². The highest BCUT2D eigenvalue weighted by Gasteiger charge is 2.37. The molecule has 1 N–H and O–H groups in total. The van der Waals surface area contributed by atoms with Crippen molar-refractivity contribution in [1.82, 2.24) is 5.32 Å². The lowest BCUT2D eigenvalue weighted by Crippen LogP contribution is -2.32. The summed E-state index contributed by atoms with van der Waals surface area (Å²) in [6.07, 6.45) is 2.01. The third kappa shape index (κ3) is 3.58. The molecule has 0 radical (unpaired) electrons. The number of carbonyl (C=O) groups excluding carboxylic acids is 3. The van der Waals surface area contributed by atoms with E-state index in [0.717, 1.165) is 12.8 Å². The van der Waals surface area contributed by atoms with E-state index in [9.17, 15) is 14.4 Å². The van der Waals surface area contributed by atoms with E-state index in [1.165, 1.54) is 4.90 Å². The van der Waals surface area contributed by atoms with Gasteiger partial charge in [-0.3, -0.25) is 14.4 Å². The molecule has 3 aliphatic rings. The van der Waals surface area contributed by atoms with Crippen molar-refractivity contribution >= 4 is 23.5 Å². The largest absolute Gasteiger partial charge is 0.486 e. The van der Waals surface area contributed by atoms with Crippen molar-refractivity contribution in [2.75, 3.05) is 31.3 Å². The standard InChI is InChI=1S/C18H20N2O6/c21-16(19-12-1-2-12)10-26-18(23)11-7-17(22)20(9-11)13-3-4-14-15(8-13)25-6-5-24-14/h3-4,8,11-12H,1-2,5-7,9-10H2,(H,19,21)/t11-/m0/s1. The van der Waals surface area contributed by atoms with E-state index in [1.54, 1.807) is 18.2 Å². The normalized spacial score (nSPS) is 21.5. The molecule has 26 heavy (non-hydrogen) atoms. The van der Waals surface area contributed by atoms with Crippen LogP contribution in [0.1, 0.15) is 19.3 Å². The Labute approximate surface area is 150 Å². The molecule has 0 bridgehead atoms. The van der Waals surface area contributed by atoms with Gasteiger partial charge in [0.25, 0.3) is 5.91 Å². The lowest BCUT2D eigenvalue weighted by molar-refractivity contribution is -0.152. The topological polar surface area (TPSA) is 94.2 Å². The highest BCUT2D eigenvalue weighted by Crippen LogP contribution is 2.36. The van der Waals surface area contributed by atoms with Gasteiger partial charge in [-0.1, -0.05) is 0 Å². The molecular formula is C18H20N2O6. The first-order valence-corrected chi connectivity index (χ1v) is 8.76. The smallest absolute Gasteiger partial charge is 0.311 e. The maximum absolute atomic E-state index is 12.3. The fraction of sp³-hybridized carbons (Fsp3) is 0.500. The molecule has 0 unspecified atom stereocenters. The molecule has 2 amide bonds. The van der Waals surface area contributed by atoms with Crippen LogP contribution in [-0.2, 0) is 19.1 Å². The predicted octanol–water partition coefficient (Wildman–Crippen LogP) is 0.632. The Kier molecular flexibility index (Phi) is 4.40. The zero-order chi connectivity index (χ0) is 18.1. The molecule has 1 atom stereocenters. The van der Waals surface area contributed by atoms with Gasteiger partial charge >= 0.3 is 5.97 Å². The first kappa shape index (κ1) is 16.7. The highest BCUT2D eigenvalue weighted by atomic mass is 16.6. The van der Waals surface area contributed by atoms with Gasteiger partial charge < -0.3 is 24.4 Å². The lowest BCUT2D eigenvalue weighted by atomic mass is 10.1. The second-order valence-electron chi connectivity index (χ2n) is 6.68. The van der Waals surface area contributed by atoms with Crippen molar-refractivity contribution < 1.29 is 28.6 Å². The number of rotatable bonds is 5. The van der Waals surface area contributed by atoms with Crippen molar-refractivity contribution in [1.29, 1.82) is 0 Å². The Bertz CT molecular complexity index is 745. The van der Waals surface area contributed by atoms with Gasteiger partial charge in [0.1, 0.15) is 13.2 Å². The maximum Gasteiger partial charge on any atom is 0.311 e. The summed E-state index contributed by atoms with van der Waals surface area (Å²) < 4.78 is 16.1. The molecule has 1 aromatic rings. The van der Waals surface area contributed by atoms with E-state index in [1.807, 2.05) is 0 Å². The van der Waals surface area contributed by atoms with Gasteiger partial charge in [0.2, 0.25) is 5.91 Å². The Morgan fingerprint density at radius 3 is 2.73 bits per heavy atom. The molecule has 1 aliphatic carbocycles. The Morgan fingerprint density at radius 1 is 1.19 bits per heavy atom. The second kappa shape index (κ2) is 6.86. The van der Waals surface area contributed by atoms with E-state index in [-0.39, 0.29) is 37.4 Å². The third-order valence-electron chi connectivity index (χ3n) is 4.58. The van der Waals surface area contributed by atoms with Gasteiger partial charge in [-0.05, 0) is 25.0 Å². The van der Waals surface area contributed by atoms with Crippen LogP contribution in [0.2, 0.25) is 0 Å². The average Bonchev–Trinajstić information content (AvgIpc) is 3.38. The summed E-state index contributed by atoms with van der Waals surface area (Å²) in [5.41, 5.74) is 0.654. The molecule has 4 rings (SSSR count). The van der Waals surface area contributed by atoms with Crippen LogP contribution in [0.15, 0.2) is 18.2 Å². The number of fused-ring (bicyclic) bond motifs is 1. The molecule has 8 nitrogen and oxygen atoms in total. The number of hydrogen-bond acceptors (Lipinski definition) is 6. The van der Waals surface area contributed by atoms with Crippen molar-refractivity contribution in [2.45, 2.75) is 25.3 Å². The van der Waals surface area contributed by atoms with Crippen LogP contribution >= 0.6 is 0 Å². The molecule has 8 heteroatoms. The second-order valence-corrected chi connectivity index (χ2v) is 6.68. The monoisotopic (exact) mass is 360 g/mol. The van der Waals surface area contributed by atoms with E-state index in [2.05, 4.69) is 5.32 Å². The molecular weight excluding hydrogens is 340 g/mol. The number of carbonyl (C=O) groups is 3. The fourth-order valence-corrected chi connectivity index (χ4v) is 3.07. The van der Waals surface area contributed by atoms with E-state index in [0.29, 0.717) is 30.4 Å². The number of anilines is 1. The third-order valence-corrected chi connectivity index (χ3v) is 4.58. The number of amides is 2. The first-order valence-electron chi connectivity index (χ1n) is 8.76. The summed E-state index contributed by atoms with van der Waals surface area (Å²) in [5.74, 6) is -0.331. The average molecular weight is 360 g/mol. The quantitative estimate of drug-likeness (QED) is 0.774. The molecule has 1 saturated carbocycles. The first-order chi connectivity index (χ1) is 12.6. The maximum atomic E-state index is 12.3. The molecule has 2 fully saturated rings. The van der Waals surface area contributed by atoms with Crippen molar-refractivity contribution in [3.05, 3.63) is 18.2 Å². The molecule has 2 aliphatic heterocycles. The Balaban J connectivity index is 1.35. The van der Waals surface area contributed by atoms with E-state index in [4.69, 9.17) is 14.2 Å². The van der Waals surface area contributed by atoms with Gasteiger partial charge in [0, 0.05) is 30.8 Å². The van der Waals surface area contributed by atoms with Crippen molar-refractivity contribution in [3.63, 3.8) is 0 Å². The number of hydrogen-bond donors (Lipinski definition) is 1. The summed E-state index contributed by atoms with van der Waals surface area (Å²) in [6, 6.07) is 5.48. The van der Waals surface area contributed by atoms with E-state index < -0.39 is 11.9 Å². The van der Waals surface area contributed by atoms with Crippen LogP contribution < -0.4 is 19.7 Å². The van der Waals surface area contributed by atoms with Crippen molar-refractivity contribution in [2.24, 2.45) is 5.92 Å². The minimum Gasteiger partial charge on any atom is -0.486 e.